The third-order valence-corrected chi connectivity index (χ3v) is 4.26. The number of carbonyl (C=O) groups is 1. The van der Waals surface area contributed by atoms with Gasteiger partial charge in [-0.1, -0.05) is 23.7 Å². The third kappa shape index (κ3) is 4.65. The Bertz CT molecular complexity index is 699. The molecule has 5 heteroatoms. The predicted octanol–water partition coefficient (Wildman–Crippen LogP) is 4.55. The number of nitrogens with zero attached hydrogens (tertiary/aromatic N) is 1. The zero-order chi connectivity index (χ0) is 17.5. The number of benzene rings is 2. The first-order valence-electron chi connectivity index (χ1n) is 8.19. The summed E-state index contributed by atoms with van der Waals surface area (Å²) < 4.78 is 0. The van der Waals surface area contributed by atoms with Gasteiger partial charge in [0.1, 0.15) is 0 Å². The van der Waals surface area contributed by atoms with E-state index in [1.54, 1.807) is 12.1 Å². The van der Waals surface area contributed by atoms with E-state index < -0.39 is 0 Å². The van der Waals surface area contributed by atoms with Gasteiger partial charge in [-0.25, -0.2) is 0 Å². The van der Waals surface area contributed by atoms with Crippen LogP contribution in [-0.2, 0) is 4.79 Å². The number of hydrogen-bond donors (Lipinski definition) is 2. The molecular weight excluding hydrogens is 322 g/mol. The van der Waals surface area contributed by atoms with Crippen LogP contribution in [-0.4, -0.2) is 25.5 Å². The monoisotopic (exact) mass is 345 g/mol. The lowest BCUT2D eigenvalue weighted by molar-refractivity contribution is -0.114. The zero-order valence-corrected chi connectivity index (χ0v) is 15.2. The first-order chi connectivity index (χ1) is 11.5. The van der Waals surface area contributed by atoms with Gasteiger partial charge in [0.05, 0.1) is 17.3 Å². The lowest BCUT2D eigenvalue weighted by atomic mass is 10.1. The van der Waals surface area contributed by atoms with Crippen molar-refractivity contribution in [2.24, 2.45) is 0 Å². The minimum absolute atomic E-state index is 0.129. The molecule has 24 heavy (non-hydrogen) atoms. The second-order valence-corrected chi connectivity index (χ2v) is 5.96. The fourth-order valence-corrected chi connectivity index (χ4v) is 2.75. The molecule has 0 fully saturated rings. The number of aryl methyl sites for hydroxylation is 1. The molecule has 128 valence electrons. The van der Waals surface area contributed by atoms with E-state index in [0.29, 0.717) is 10.7 Å². The van der Waals surface area contributed by atoms with Gasteiger partial charge in [-0.15, -0.1) is 0 Å². The average Bonchev–Trinajstić information content (AvgIpc) is 2.57. The Morgan fingerprint density at radius 1 is 1.08 bits per heavy atom. The molecule has 2 rings (SSSR count). The zero-order valence-electron chi connectivity index (χ0n) is 14.4. The highest BCUT2D eigenvalue weighted by molar-refractivity contribution is 6.33. The van der Waals surface area contributed by atoms with Crippen molar-refractivity contribution in [1.82, 2.24) is 0 Å². The van der Waals surface area contributed by atoms with Crippen molar-refractivity contribution < 1.29 is 4.79 Å². The molecule has 2 aromatic carbocycles. The molecule has 0 unspecified atom stereocenters. The van der Waals surface area contributed by atoms with E-state index in [9.17, 15) is 4.79 Å². The minimum atomic E-state index is -0.129. The molecular formula is C19H24ClN3O. The molecule has 0 aromatic heterocycles. The summed E-state index contributed by atoms with van der Waals surface area (Å²) in [4.78, 5) is 14.4. The van der Waals surface area contributed by atoms with Crippen molar-refractivity contribution in [3.8, 4) is 0 Å². The predicted molar refractivity (Wildman–Crippen MR) is 103 cm³/mol. The summed E-state index contributed by atoms with van der Waals surface area (Å²) >= 11 is 6.05. The van der Waals surface area contributed by atoms with Crippen LogP contribution in [0.5, 0.6) is 0 Å². The normalized spacial score (nSPS) is 10.3. The quantitative estimate of drug-likeness (QED) is 0.774. The lowest BCUT2D eigenvalue weighted by Gasteiger charge is -2.22. The fraction of sp³-hybridized carbons (Fsp3) is 0.316. The van der Waals surface area contributed by atoms with E-state index in [0.717, 1.165) is 24.3 Å². The van der Waals surface area contributed by atoms with E-state index in [-0.39, 0.29) is 12.5 Å². The molecule has 4 nitrogen and oxygen atoms in total. The lowest BCUT2D eigenvalue weighted by Crippen LogP contribution is -2.23. The van der Waals surface area contributed by atoms with Crippen LogP contribution in [0.3, 0.4) is 0 Å². The summed E-state index contributed by atoms with van der Waals surface area (Å²) in [7, 11) is 0. The summed E-state index contributed by atoms with van der Waals surface area (Å²) in [5, 5.41) is 6.52. The SMILES string of the molecule is CCN(CC)c1ccc(NCC(=O)Nc2ccccc2Cl)c(C)c1. The second-order valence-electron chi connectivity index (χ2n) is 5.55. The molecule has 1 amide bonds. The van der Waals surface area contributed by atoms with Crippen molar-refractivity contribution in [3.05, 3.63) is 53.1 Å². The summed E-state index contributed by atoms with van der Waals surface area (Å²) in [5.74, 6) is -0.129. The molecule has 0 radical (unpaired) electrons. The van der Waals surface area contributed by atoms with Gasteiger partial charge < -0.3 is 15.5 Å². The van der Waals surface area contributed by atoms with Crippen LogP contribution in [0.2, 0.25) is 5.02 Å². The number of amides is 1. The molecule has 0 aliphatic carbocycles. The third-order valence-electron chi connectivity index (χ3n) is 3.93. The highest BCUT2D eigenvalue weighted by Crippen LogP contribution is 2.23. The Kier molecular flexibility index (Phi) is 6.50. The standard InChI is InChI=1S/C19H24ClN3O/c1-4-23(5-2)15-10-11-17(14(3)12-15)21-13-19(24)22-18-9-7-6-8-16(18)20/h6-12,21H,4-5,13H2,1-3H3,(H,22,24). The molecule has 0 aliphatic heterocycles. The van der Waals surface area contributed by atoms with Crippen LogP contribution in [0.4, 0.5) is 17.1 Å². The first kappa shape index (κ1) is 18.1. The van der Waals surface area contributed by atoms with E-state index in [1.807, 2.05) is 25.1 Å². The fourth-order valence-electron chi connectivity index (χ4n) is 2.56. The van der Waals surface area contributed by atoms with Gasteiger partial charge in [-0.3, -0.25) is 4.79 Å². The number of para-hydroxylation sites is 1. The summed E-state index contributed by atoms with van der Waals surface area (Å²) in [6.45, 7) is 8.47. The topological polar surface area (TPSA) is 44.4 Å². The van der Waals surface area contributed by atoms with Crippen molar-refractivity contribution in [3.63, 3.8) is 0 Å². The number of halogens is 1. The second kappa shape index (κ2) is 8.60. The Morgan fingerprint density at radius 2 is 1.79 bits per heavy atom. The average molecular weight is 346 g/mol. The Hall–Kier alpha value is -2.20. The molecule has 2 aromatic rings. The van der Waals surface area contributed by atoms with Crippen molar-refractivity contribution >= 4 is 34.6 Å². The number of rotatable bonds is 7. The van der Waals surface area contributed by atoms with Crippen molar-refractivity contribution in [2.45, 2.75) is 20.8 Å². The van der Waals surface area contributed by atoms with Gasteiger partial charge in [0.15, 0.2) is 0 Å². The molecule has 0 saturated heterocycles. The van der Waals surface area contributed by atoms with E-state index in [1.165, 1.54) is 5.69 Å². The van der Waals surface area contributed by atoms with E-state index >= 15 is 0 Å². The molecule has 0 atom stereocenters. The van der Waals surface area contributed by atoms with Gasteiger partial charge in [-0.05, 0) is 56.7 Å². The summed E-state index contributed by atoms with van der Waals surface area (Å²) in [5.41, 5.74) is 3.90. The Balaban J connectivity index is 1.96. The number of anilines is 3. The highest BCUT2D eigenvalue weighted by atomic mass is 35.5. The van der Waals surface area contributed by atoms with Gasteiger partial charge in [0, 0.05) is 24.5 Å². The van der Waals surface area contributed by atoms with Gasteiger partial charge in [0.25, 0.3) is 0 Å². The largest absolute Gasteiger partial charge is 0.376 e. The molecule has 0 aliphatic rings. The van der Waals surface area contributed by atoms with Gasteiger partial charge in [-0.2, -0.15) is 0 Å². The van der Waals surface area contributed by atoms with Crippen LogP contribution in [0.15, 0.2) is 42.5 Å². The molecule has 2 N–H and O–H groups in total. The molecule has 0 heterocycles. The maximum Gasteiger partial charge on any atom is 0.243 e. The summed E-state index contributed by atoms with van der Waals surface area (Å²) in [6.07, 6.45) is 0. The van der Waals surface area contributed by atoms with Crippen LogP contribution >= 0.6 is 11.6 Å². The van der Waals surface area contributed by atoms with Gasteiger partial charge in [0.2, 0.25) is 5.91 Å². The molecule has 0 bridgehead atoms. The maximum atomic E-state index is 12.1. The number of hydrogen-bond acceptors (Lipinski definition) is 3. The van der Waals surface area contributed by atoms with Crippen LogP contribution in [0.25, 0.3) is 0 Å². The molecule has 0 spiro atoms. The smallest absolute Gasteiger partial charge is 0.243 e. The Labute approximate surface area is 148 Å². The van der Waals surface area contributed by atoms with E-state index in [2.05, 4.69) is 41.5 Å². The number of nitrogens with one attached hydrogen (secondary N) is 2. The van der Waals surface area contributed by atoms with Crippen molar-refractivity contribution in [2.75, 3.05) is 35.2 Å². The minimum Gasteiger partial charge on any atom is -0.376 e. The molecule has 0 saturated carbocycles. The number of carbonyl (C=O) groups excluding carboxylic acids is 1. The highest BCUT2D eigenvalue weighted by Gasteiger charge is 2.08. The van der Waals surface area contributed by atoms with Crippen LogP contribution < -0.4 is 15.5 Å². The van der Waals surface area contributed by atoms with Crippen LogP contribution in [0, 0.1) is 6.92 Å². The van der Waals surface area contributed by atoms with Crippen molar-refractivity contribution in [1.29, 1.82) is 0 Å². The van der Waals surface area contributed by atoms with E-state index in [4.69, 9.17) is 11.6 Å². The first-order valence-corrected chi connectivity index (χ1v) is 8.56. The maximum absolute atomic E-state index is 12.1. The van der Waals surface area contributed by atoms with Gasteiger partial charge >= 0.3 is 0 Å². The Morgan fingerprint density at radius 3 is 2.42 bits per heavy atom. The summed E-state index contributed by atoms with van der Waals surface area (Å²) in [6, 6.07) is 13.4. The van der Waals surface area contributed by atoms with Crippen LogP contribution in [0.1, 0.15) is 19.4 Å².